The second kappa shape index (κ2) is 6.68. The number of rotatable bonds is 1. The van der Waals surface area contributed by atoms with E-state index in [2.05, 4.69) is 10.2 Å². The van der Waals surface area contributed by atoms with Crippen LogP contribution in [0.1, 0.15) is 34.0 Å². The first-order valence-corrected chi connectivity index (χ1v) is 9.29. The number of nitrogens with one attached hydrogen (secondary N) is 1. The van der Waals surface area contributed by atoms with Gasteiger partial charge in [0.05, 0.1) is 0 Å². The van der Waals surface area contributed by atoms with E-state index in [-0.39, 0.29) is 17.4 Å². The molecule has 1 amide bonds. The Labute approximate surface area is 157 Å². The maximum absolute atomic E-state index is 12.5. The lowest BCUT2D eigenvalue weighted by atomic mass is 9.83. The van der Waals surface area contributed by atoms with Crippen molar-refractivity contribution < 1.29 is 4.79 Å². The maximum atomic E-state index is 12.5. The number of likely N-dealkylation sites (tertiary alicyclic amines) is 1. The Balaban J connectivity index is 1.49. The van der Waals surface area contributed by atoms with Gasteiger partial charge in [-0.05, 0) is 49.7 Å². The van der Waals surface area contributed by atoms with Gasteiger partial charge in [-0.1, -0.05) is 23.8 Å². The van der Waals surface area contributed by atoms with Gasteiger partial charge in [-0.25, -0.2) is 0 Å². The van der Waals surface area contributed by atoms with Crippen LogP contribution in [0.2, 0.25) is 0 Å². The molecular formula is C20H21N3O2S. The lowest BCUT2D eigenvalue weighted by Crippen LogP contribution is -2.52. The normalized spacial score (nSPS) is 21.0. The lowest BCUT2D eigenvalue weighted by Gasteiger charge is -2.43. The van der Waals surface area contributed by atoms with E-state index in [1.807, 2.05) is 41.8 Å². The third kappa shape index (κ3) is 3.17. The van der Waals surface area contributed by atoms with Gasteiger partial charge in [0, 0.05) is 42.9 Å². The molecule has 1 fully saturated rings. The summed E-state index contributed by atoms with van der Waals surface area (Å²) in [7, 11) is 0. The largest absolute Gasteiger partial charge is 0.348 e. The minimum Gasteiger partial charge on any atom is -0.348 e. The van der Waals surface area contributed by atoms with Crippen molar-refractivity contribution in [1.29, 1.82) is 0 Å². The van der Waals surface area contributed by atoms with Crippen LogP contribution in [0.5, 0.6) is 0 Å². The fourth-order valence-electron chi connectivity index (χ4n) is 4.10. The summed E-state index contributed by atoms with van der Waals surface area (Å²) < 4.78 is 1.89. The standard InChI is InChI=1S/C20H21N3O2S/c1-13-4-2-5-15(8-13)19(25)21-20(26)22-10-14-9-16(12-22)17-6-3-7-18(24)23(17)11-14/h2-8,14,16H,9-12H2,1H3,(H,21,25,26)/t14-,16?/m1/s1. The Morgan fingerprint density at radius 1 is 1.15 bits per heavy atom. The first-order valence-electron chi connectivity index (χ1n) is 8.88. The molecule has 0 radical (unpaired) electrons. The van der Waals surface area contributed by atoms with Crippen LogP contribution in [0, 0.1) is 12.8 Å². The highest BCUT2D eigenvalue weighted by Crippen LogP contribution is 2.34. The van der Waals surface area contributed by atoms with Gasteiger partial charge >= 0.3 is 0 Å². The summed E-state index contributed by atoms with van der Waals surface area (Å²) in [5.41, 5.74) is 2.80. The van der Waals surface area contributed by atoms with Crippen LogP contribution >= 0.6 is 12.2 Å². The van der Waals surface area contributed by atoms with Gasteiger partial charge in [-0.2, -0.15) is 0 Å². The van der Waals surface area contributed by atoms with Crippen LogP contribution in [-0.2, 0) is 6.54 Å². The molecule has 6 heteroatoms. The number of pyridine rings is 1. The number of amides is 1. The molecule has 0 saturated carbocycles. The van der Waals surface area contributed by atoms with Gasteiger partial charge < -0.3 is 9.47 Å². The maximum Gasteiger partial charge on any atom is 0.257 e. The van der Waals surface area contributed by atoms with Crippen molar-refractivity contribution in [2.75, 3.05) is 13.1 Å². The highest BCUT2D eigenvalue weighted by molar-refractivity contribution is 7.80. The molecule has 3 heterocycles. The van der Waals surface area contributed by atoms with Crippen LogP contribution in [0.3, 0.4) is 0 Å². The number of carbonyl (C=O) groups excluding carboxylic acids is 1. The van der Waals surface area contributed by atoms with Gasteiger partial charge in [0.15, 0.2) is 5.11 Å². The van der Waals surface area contributed by atoms with Crippen molar-refractivity contribution in [3.8, 4) is 0 Å². The van der Waals surface area contributed by atoms with Gasteiger partial charge in [-0.3, -0.25) is 14.9 Å². The van der Waals surface area contributed by atoms with E-state index in [1.54, 1.807) is 12.1 Å². The molecule has 0 aliphatic carbocycles. The molecule has 1 aromatic heterocycles. The third-order valence-corrected chi connectivity index (χ3v) is 5.63. The molecule has 0 spiro atoms. The molecule has 2 aromatic rings. The Hall–Kier alpha value is -2.47. The predicted molar refractivity (Wildman–Crippen MR) is 104 cm³/mol. The molecule has 2 atom stereocenters. The lowest BCUT2D eigenvalue weighted by molar-refractivity contribution is 0.0968. The number of nitrogens with zero attached hydrogens (tertiary/aromatic N) is 2. The molecule has 5 nitrogen and oxygen atoms in total. The highest BCUT2D eigenvalue weighted by atomic mass is 32.1. The molecule has 2 aliphatic rings. The van der Waals surface area contributed by atoms with Crippen molar-refractivity contribution in [1.82, 2.24) is 14.8 Å². The topological polar surface area (TPSA) is 54.3 Å². The highest BCUT2D eigenvalue weighted by Gasteiger charge is 2.35. The number of aryl methyl sites for hydroxylation is 1. The summed E-state index contributed by atoms with van der Waals surface area (Å²) in [6.45, 7) is 4.17. The number of hydrogen-bond donors (Lipinski definition) is 1. The smallest absolute Gasteiger partial charge is 0.257 e. The van der Waals surface area contributed by atoms with Crippen molar-refractivity contribution in [3.63, 3.8) is 0 Å². The quantitative estimate of drug-likeness (QED) is 0.786. The van der Waals surface area contributed by atoms with Gasteiger partial charge in [-0.15, -0.1) is 0 Å². The summed E-state index contributed by atoms with van der Waals surface area (Å²) in [5.74, 6) is 0.464. The number of thiocarbonyl (C=S) groups is 1. The summed E-state index contributed by atoms with van der Waals surface area (Å²) >= 11 is 5.51. The third-order valence-electron chi connectivity index (χ3n) is 5.27. The van der Waals surface area contributed by atoms with E-state index in [9.17, 15) is 9.59 Å². The van der Waals surface area contributed by atoms with Crippen molar-refractivity contribution in [3.05, 3.63) is 69.6 Å². The van der Waals surface area contributed by atoms with Crippen molar-refractivity contribution >= 4 is 23.2 Å². The zero-order chi connectivity index (χ0) is 18.3. The average molecular weight is 367 g/mol. The van der Waals surface area contributed by atoms with Crippen LogP contribution < -0.4 is 10.9 Å². The van der Waals surface area contributed by atoms with Gasteiger partial charge in [0.2, 0.25) is 0 Å². The molecule has 26 heavy (non-hydrogen) atoms. The van der Waals surface area contributed by atoms with Crippen LogP contribution in [0.15, 0.2) is 47.3 Å². The summed E-state index contributed by atoms with van der Waals surface area (Å²) in [6, 6.07) is 12.9. The number of aromatic nitrogens is 1. The molecule has 1 unspecified atom stereocenters. The molecule has 4 rings (SSSR count). The zero-order valence-electron chi connectivity index (χ0n) is 14.6. The van der Waals surface area contributed by atoms with E-state index < -0.39 is 0 Å². The minimum absolute atomic E-state index is 0.0703. The van der Waals surface area contributed by atoms with Gasteiger partial charge in [0.1, 0.15) is 0 Å². The number of benzene rings is 1. The molecule has 1 aromatic carbocycles. The zero-order valence-corrected chi connectivity index (χ0v) is 15.5. The number of hydrogen-bond acceptors (Lipinski definition) is 3. The van der Waals surface area contributed by atoms with Crippen molar-refractivity contribution in [2.24, 2.45) is 5.92 Å². The number of fused-ring (bicyclic) bond motifs is 4. The van der Waals surface area contributed by atoms with Crippen LogP contribution in [0.4, 0.5) is 0 Å². The SMILES string of the molecule is Cc1cccc(C(=O)NC(=S)N2CC3C[C@H](C2)Cn2c3cccc2=O)c1. The Kier molecular flexibility index (Phi) is 4.36. The monoisotopic (exact) mass is 367 g/mol. The molecule has 134 valence electrons. The molecule has 1 N–H and O–H groups in total. The summed E-state index contributed by atoms with van der Waals surface area (Å²) in [4.78, 5) is 26.6. The second-order valence-electron chi connectivity index (χ2n) is 7.23. The Bertz CT molecular complexity index is 937. The number of carbonyl (C=O) groups is 1. The summed E-state index contributed by atoms with van der Waals surface area (Å²) in [5, 5.41) is 3.34. The minimum atomic E-state index is -0.175. The molecule has 1 saturated heterocycles. The van der Waals surface area contributed by atoms with E-state index >= 15 is 0 Å². The first-order chi connectivity index (χ1) is 12.5. The Morgan fingerprint density at radius 2 is 1.96 bits per heavy atom. The molecular weight excluding hydrogens is 346 g/mol. The van der Waals surface area contributed by atoms with Gasteiger partial charge in [0.25, 0.3) is 11.5 Å². The fraction of sp³-hybridized carbons (Fsp3) is 0.350. The Morgan fingerprint density at radius 3 is 2.77 bits per heavy atom. The second-order valence-corrected chi connectivity index (χ2v) is 7.62. The van der Waals surface area contributed by atoms with E-state index in [1.165, 1.54) is 0 Å². The summed E-state index contributed by atoms with van der Waals surface area (Å²) in [6.07, 6.45) is 1.06. The predicted octanol–water partition coefficient (Wildman–Crippen LogP) is 2.29. The van der Waals surface area contributed by atoms with Crippen LogP contribution in [0.25, 0.3) is 0 Å². The molecule has 2 aliphatic heterocycles. The average Bonchev–Trinajstić information content (AvgIpc) is 2.62. The molecule has 2 bridgehead atoms. The van der Waals surface area contributed by atoms with E-state index in [4.69, 9.17) is 12.2 Å². The van der Waals surface area contributed by atoms with Crippen molar-refractivity contribution in [2.45, 2.75) is 25.8 Å². The fourth-order valence-corrected chi connectivity index (χ4v) is 4.34. The van der Waals surface area contributed by atoms with Crippen LogP contribution in [-0.4, -0.2) is 33.6 Å². The van der Waals surface area contributed by atoms with E-state index in [0.29, 0.717) is 16.6 Å². The number of piperidine rings is 1. The van der Waals surface area contributed by atoms with E-state index in [0.717, 1.165) is 37.3 Å². The first kappa shape index (κ1) is 17.0.